The number of quaternary nitrogens is 1. The van der Waals surface area contributed by atoms with Crippen molar-refractivity contribution in [1.82, 2.24) is 4.81 Å². The molecule has 0 radical (unpaired) electrons. The summed E-state index contributed by atoms with van der Waals surface area (Å²) in [7, 11) is 4.77. The number of hydroxylamine groups is 2. The molecule has 1 unspecified atom stereocenters. The second-order valence-electron chi connectivity index (χ2n) is 6.03. The van der Waals surface area contributed by atoms with E-state index in [1.54, 1.807) is 13.2 Å². The lowest BCUT2D eigenvalue weighted by Gasteiger charge is -2.32. The normalized spacial score (nSPS) is 13.7. The average molecular weight is 316 g/mol. The molecule has 0 saturated heterocycles. The molecule has 1 N–H and O–H groups in total. The molecule has 2 aromatic carbocycles. The van der Waals surface area contributed by atoms with Crippen LogP contribution < -0.4 is 14.4 Å². The molecule has 0 aliphatic carbocycles. The van der Waals surface area contributed by atoms with Crippen molar-refractivity contribution in [2.24, 2.45) is 0 Å². The Kier molecular flexibility index (Phi) is 4.94. The second kappa shape index (κ2) is 6.58. The van der Waals surface area contributed by atoms with E-state index in [2.05, 4.69) is 0 Å². The molecular weight excluding hydrogens is 292 g/mol. The van der Waals surface area contributed by atoms with Gasteiger partial charge in [0.2, 0.25) is 0 Å². The maximum Gasteiger partial charge on any atom is 0.170 e. The van der Waals surface area contributed by atoms with Crippen LogP contribution in [0.5, 0.6) is 5.75 Å². The van der Waals surface area contributed by atoms with E-state index in [0.29, 0.717) is 5.69 Å². The molecule has 0 amide bonds. The Balaban J connectivity index is 2.42. The number of rotatable bonds is 5. The lowest BCUT2D eigenvalue weighted by atomic mass is 10.00. The first-order valence-electron chi connectivity index (χ1n) is 7.56. The Morgan fingerprint density at radius 3 is 2.13 bits per heavy atom. The minimum Gasteiger partial charge on any atom is -0.593 e. The fourth-order valence-electron chi connectivity index (χ4n) is 2.54. The molecule has 0 bridgehead atoms. The van der Waals surface area contributed by atoms with Crippen LogP contribution in [-0.2, 0) is 0 Å². The van der Waals surface area contributed by atoms with Gasteiger partial charge in [0, 0.05) is 30.1 Å². The molecule has 2 aromatic rings. The summed E-state index contributed by atoms with van der Waals surface area (Å²) >= 11 is 0. The summed E-state index contributed by atoms with van der Waals surface area (Å²) < 4.78 is 5.17. The number of benzene rings is 2. The van der Waals surface area contributed by atoms with Crippen molar-refractivity contribution in [3.05, 3.63) is 53.2 Å². The first kappa shape index (κ1) is 17.3. The Bertz CT molecular complexity index is 661. The van der Waals surface area contributed by atoms with Gasteiger partial charge >= 0.3 is 0 Å². The Morgan fingerprint density at radius 1 is 1.09 bits per heavy atom. The van der Waals surface area contributed by atoms with E-state index in [9.17, 15) is 10.4 Å². The Morgan fingerprint density at radius 2 is 1.65 bits per heavy atom. The van der Waals surface area contributed by atoms with Crippen molar-refractivity contribution < 1.29 is 9.94 Å². The fourth-order valence-corrected chi connectivity index (χ4v) is 2.54. The largest absolute Gasteiger partial charge is 0.593 e. The molecule has 23 heavy (non-hydrogen) atoms. The van der Waals surface area contributed by atoms with E-state index in [1.165, 1.54) is 7.05 Å². The molecule has 0 fully saturated rings. The molecule has 0 heterocycles. The molecule has 2 rings (SSSR count). The number of methoxy groups -OCH3 is 1. The molecular formula is C18H24N2O3. The lowest BCUT2D eigenvalue weighted by Crippen LogP contribution is -2.34. The third-order valence-electron chi connectivity index (χ3n) is 3.93. The predicted octanol–water partition coefficient (Wildman–Crippen LogP) is 4.41. The van der Waals surface area contributed by atoms with Crippen LogP contribution in [0, 0.1) is 5.21 Å². The summed E-state index contributed by atoms with van der Waals surface area (Å²) in [5.74, 6) is 0.945. The van der Waals surface area contributed by atoms with Crippen LogP contribution in [0.15, 0.2) is 42.5 Å². The van der Waals surface area contributed by atoms with Gasteiger partial charge in [0.15, 0.2) is 5.69 Å². The number of hydrogen-bond acceptors (Lipinski definition) is 4. The van der Waals surface area contributed by atoms with Crippen LogP contribution in [0.2, 0.25) is 0 Å². The summed E-state index contributed by atoms with van der Waals surface area (Å²) in [4.78, 5) is 0.528. The average Bonchev–Trinajstić information content (AvgIpc) is 2.52. The summed E-state index contributed by atoms with van der Waals surface area (Å²) in [5, 5.41) is 22.0. The minimum atomic E-state index is -1.43. The van der Waals surface area contributed by atoms with Gasteiger partial charge < -0.3 is 14.8 Å². The van der Waals surface area contributed by atoms with Crippen molar-refractivity contribution in [2.75, 3.05) is 26.1 Å². The molecule has 0 spiro atoms. The van der Waals surface area contributed by atoms with Crippen LogP contribution in [0.1, 0.15) is 25.3 Å². The maximum atomic E-state index is 12.1. The fraction of sp³-hybridized carbons (Fsp3) is 0.333. The van der Waals surface area contributed by atoms with Crippen molar-refractivity contribution in [1.29, 1.82) is 0 Å². The van der Waals surface area contributed by atoms with Crippen molar-refractivity contribution >= 4 is 17.1 Å². The monoisotopic (exact) mass is 316 g/mol. The number of anilines is 2. The van der Waals surface area contributed by atoms with Gasteiger partial charge in [-0.05, 0) is 36.2 Å². The lowest BCUT2D eigenvalue weighted by molar-refractivity contribution is -0.00521. The quantitative estimate of drug-likeness (QED) is 0.655. The van der Waals surface area contributed by atoms with Gasteiger partial charge in [0.25, 0.3) is 0 Å². The third-order valence-corrected chi connectivity index (χ3v) is 3.93. The number of hydrogen-bond donors (Lipinski definition) is 1. The summed E-state index contributed by atoms with van der Waals surface area (Å²) in [6.45, 7) is 4.00. The highest BCUT2D eigenvalue weighted by atomic mass is 16.8. The van der Waals surface area contributed by atoms with Crippen LogP contribution in [-0.4, -0.2) is 26.4 Å². The highest BCUT2D eigenvalue weighted by Gasteiger charge is 2.21. The summed E-state index contributed by atoms with van der Waals surface area (Å²) in [6.07, 6.45) is 0. The Hall–Kier alpha value is -2.08. The van der Waals surface area contributed by atoms with E-state index in [4.69, 9.17) is 4.74 Å². The molecule has 0 saturated carbocycles. The van der Waals surface area contributed by atoms with Crippen molar-refractivity contribution in [2.45, 2.75) is 19.8 Å². The van der Waals surface area contributed by atoms with Gasteiger partial charge in [-0.15, -0.1) is 0 Å². The van der Waals surface area contributed by atoms with Gasteiger partial charge in [0.05, 0.1) is 7.11 Å². The van der Waals surface area contributed by atoms with Crippen LogP contribution in [0.3, 0.4) is 0 Å². The van der Waals surface area contributed by atoms with E-state index in [-0.39, 0.29) is 5.92 Å². The molecule has 0 aliphatic heterocycles. The van der Waals surface area contributed by atoms with E-state index >= 15 is 0 Å². The van der Waals surface area contributed by atoms with Crippen molar-refractivity contribution in [3.8, 4) is 5.75 Å². The molecule has 0 aromatic heterocycles. The smallest absolute Gasteiger partial charge is 0.170 e. The van der Waals surface area contributed by atoms with Gasteiger partial charge in [-0.1, -0.05) is 19.9 Å². The zero-order valence-corrected chi connectivity index (χ0v) is 14.3. The SMILES string of the molecule is COc1ccc(N(C)c2ccc(C(C)C)c([N+](C)([O-])O)c2)cc1. The number of ether oxygens (including phenoxy) is 1. The second-order valence-corrected chi connectivity index (χ2v) is 6.03. The van der Waals surface area contributed by atoms with E-state index in [1.807, 2.05) is 62.2 Å². The minimum absolute atomic E-state index is 0.156. The maximum absolute atomic E-state index is 12.1. The molecule has 5 nitrogen and oxygen atoms in total. The molecule has 1 atom stereocenters. The van der Waals surface area contributed by atoms with Gasteiger partial charge in [0.1, 0.15) is 12.8 Å². The van der Waals surface area contributed by atoms with Crippen LogP contribution in [0.25, 0.3) is 0 Å². The molecule has 0 aliphatic rings. The summed E-state index contributed by atoms with van der Waals surface area (Å²) in [6, 6.07) is 13.3. The first-order valence-corrected chi connectivity index (χ1v) is 7.56. The third kappa shape index (κ3) is 3.82. The Labute approximate surface area is 137 Å². The topological polar surface area (TPSA) is 55.8 Å². The van der Waals surface area contributed by atoms with Gasteiger partial charge in [-0.2, -0.15) is 4.81 Å². The van der Waals surface area contributed by atoms with Gasteiger partial charge in [-0.25, -0.2) is 5.21 Å². The van der Waals surface area contributed by atoms with Gasteiger partial charge in [-0.3, -0.25) is 0 Å². The predicted molar refractivity (Wildman–Crippen MR) is 94.5 cm³/mol. The molecule has 5 heteroatoms. The zero-order chi connectivity index (χ0) is 17.2. The van der Waals surface area contributed by atoms with Crippen LogP contribution >= 0.6 is 0 Å². The highest BCUT2D eigenvalue weighted by Crippen LogP contribution is 2.35. The standard InChI is InChI=1S/C18H24N2O3/c1-13(2)17-11-8-15(12-18(17)20(4,21)22)19(3)14-6-9-16(23-5)10-7-14/h6-13,21H,1-5H3. The highest BCUT2D eigenvalue weighted by molar-refractivity contribution is 5.68. The molecule has 124 valence electrons. The first-order chi connectivity index (χ1) is 10.7. The van der Waals surface area contributed by atoms with Crippen molar-refractivity contribution in [3.63, 3.8) is 0 Å². The van der Waals surface area contributed by atoms with E-state index in [0.717, 1.165) is 22.7 Å². The van der Waals surface area contributed by atoms with Crippen LogP contribution in [0.4, 0.5) is 17.1 Å². The van der Waals surface area contributed by atoms with E-state index < -0.39 is 4.81 Å². The summed E-state index contributed by atoms with van der Waals surface area (Å²) in [5.41, 5.74) is 3.01. The number of nitrogens with zero attached hydrogens (tertiary/aromatic N) is 2. The zero-order valence-electron chi connectivity index (χ0n) is 14.3.